The van der Waals surface area contributed by atoms with Gasteiger partial charge in [-0.2, -0.15) is 0 Å². The van der Waals surface area contributed by atoms with Gasteiger partial charge in [-0.15, -0.1) is 0 Å². The van der Waals surface area contributed by atoms with Crippen LogP contribution in [0.15, 0.2) is 36.5 Å². The lowest BCUT2D eigenvalue weighted by molar-refractivity contribution is 0.125. The summed E-state index contributed by atoms with van der Waals surface area (Å²) in [7, 11) is 0. The molecular weight excluding hydrogens is 445 g/mol. The minimum Gasteiger partial charge on any atom is -0.396 e. The molecule has 0 amide bonds. The monoisotopic (exact) mass is 481 g/mol. The van der Waals surface area contributed by atoms with Crippen LogP contribution in [0, 0.1) is 0 Å². The first kappa shape index (κ1) is 26.9. The van der Waals surface area contributed by atoms with E-state index in [-0.39, 0.29) is 0 Å². The van der Waals surface area contributed by atoms with Crippen LogP contribution in [0.1, 0.15) is 68.7 Å². The van der Waals surface area contributed by atoms with Gasteiger partial charge in [-0.05, 0) is 68.5 Å². The van der Waals surface area contributed by atoms with Crippen molar-refractivity contribution >= 4 is 28.9 Å². The lowest BCUT2D eigenvalue weighted by Crippen LogP contribution is -2.22. The molecule has 1 atom stereocenters. The normalized spacial score (nSPS) is 12.2. The average Bonchev–Trinajstić information content (AvgIpc) is 2.80. The topological polar surface area (TPSA) is 80.4 Å². The zero-order chi connectivity index (χ0) is 23.0. The Morgan fingerprint density at radius 1 is 0.938 bits per heavy atom. The van der Waals surface area contributed by atoms with Crippen LogP contribution in [-0.4, -0.2) is 36.4 Å². The third-order valence-corrected chi connectivity index (χ3v) is 6.04. The quantitative estimate of drug-likeness (QED) is 0.191. The number of aliphatic hydroxyl groups is 1. The minimum atomic E-state index is -0.658. The number of nitrogens with one attached hydrogen (secondary N) is 1. The molecule has 0 aliphatic rings. The highest BCUT2D eigenvalue weighted by Crippen LogP contribution is 2.31. The molecule has 0 radical (unpaired) electrons. The standard InChI is InChI=1S/C25H37Cl2N3O2/c26-22-17-20(18-23(27)25(22)28)24(31)19-29-13-7-2-4-10-16-32-15-9-3-1-5-11-21-12-6-8-14-30-21/h6,8,12,14,17-18,24,29,31H,1-5,7,9-11,13,15-16,19,28H2. The van der Waals surface area contributed by atoms with E-state index in [1.165, 1.54) is 25.0 Å². The highest BCUT2D eigenvalue weighted by atomic mass is 35.5. The van der Waals surface area contributed by atoms with Crippen LogP contribution in [-0.2, 0) is 11.2 Å². The van der Waals surface area contributed by atoms with Crippen LogP contribution in [0.5, 0.6) is 0 Å². The molecule has 7 heteroatoms. The number of benzene rings is 1. The second-order valence-electron chi connectivity index (χ2n) is 8.13. The van der Waals surface area contributed by atoms with Gasteiger partial charge >= 0.3 is 0 Å². The van der Waals surface area contributed by atoms with Gasteiger partial charge in [0.2, 0.25) is 0 Å². The van der Waals surface area contributed by atoms with Crippen molar-refractivity contribution in [2.75, 3.05) is 32.0 Å². The van der Waals surface area contributed by atoms with Crippen LogP contribution in [0.4, 0.5) is 5.69 Å². The molecule has 1 aromatic carbocycles. The highest BCUT2D eigenvalue weighted by molar-refractivity contribution is 6.38. The molecule has 1 unspecified atom stereocenters. The number of aromatic nitrogens is 1. The number of aryl methyl sites for hydroxylation is 1. The molecule has 1 heterocycles. The van der Waals surface area contributed by atoms with Crippen molar-refractivity contribution in [2.24, 2.45) is 0 Å². The van der Waals surface area contributed by atoms with E-state index in [2.05, 4.69) is 16.4 Å². The van der Waals surface area contributed by atoms with Gasteiger partial charge in [-0.1, -0.05) is 55.0 Å². The molecule has 2 aromatic rings. The van der Waals surface area contributed by atoms with E-state index in [1.54, 1.807) is 12.1 Å². The zero-order valence-corrected chi connectivity index (χ0v) is 20.4. The summed E-state index contributed by atoms with van der Waals surface area (Å²) < 4.78 is 5.74. The molecule has 0 saturated heterocycles. The first-order chi connectivity index (χ1) is 15.6. The fraction of sp³-hybridized carbons (Fsp3) is 0.560. The molecule has 4 N–H and O–H groups in total. The summed E-state index contributed by atoms with van der Waals surface area (Å²) in [4.78, 5) is 4.35. The summed E-state index contributed by atoms with van der Waals surface area (Å²) >= 11 is 12.0. The predicted molar refractivity (Wildman–Crippen MR) is 134 cm³/mol. The molecule has 32 heavy (non-hydrogen) atoms. The molecule has 0 aliphatic carbocycles. The first-order valence-electron chi connectivity index (χ1n) is 11.7. The molecule has 0 fully saturated rings. The molecular formula is C25H37Cl2N3O2. The first-order valence-corrected chi connectivity index (χ1v) is 12.4. The fourth-order valence-electron chi connectivity index (χ4n) is 3.47. The van der Waals surface area contributed by atoms with Crippen molar-refractivity contribution in [3.63, 3.8) is 0 Å². The summed E-state index contributed by atoms with van der Waals surface area (Å²) in [6.45, 7) is 3.04. The average molecular weight is 482 g/mol. The minimum absolute atomic E-state index is 0.345. The number of nitrogens with two attached hydrogens (primary N) is 1. The van der Waals surface area contributed by atoms with E-state index in [1.807, 2.05) is 18.3 Å². The largest absolute Gasteiger partial charge is 0.396 e. The van der Waals surface area contributed by atoms with Crippen LogP contribution in [0.2, 0.25) is 10.0 Å². The Balaban J connectivity index is 1.35. The summed E-state index contributed by atoms with van der Waals surface area (Å²) in [5, 5.41) is 14.3. The van der Waals surface area contributed by atoms with E-state index >= 15 is 0 Å². The van der Waals surface area contributed by atoms with E-state index in [0.717, 1.165) is 58.3 Å². The molecule has 0 bridgehead atoms. The summed E-state index contributed by atoms with van der Waals surface area (Å²) in [5.74, 6) is 0. The van der Waals surface area contributed by atoms with Gasteiger partial charge < -0.3 is 20.9 Å². The van der Waals surface area contributed by atoms with E-state index in [9.17, 15) is 5.11 Å². The second kappa shape index (κ2) is 16.3. The van der Waals surface area contributed by atoms with Crippen molar-refractivity contribution < 1.29 is 9.84 Å². The number of ether oxygens (including phenoxy) is 1. The van der Waals surface area contributed by atoms with Gasteiger partial charge in [-0.3, -0.25) is 4.98 Å². The second-order valence-corrected chi connectivity index (χ2v) is 8.94. The molecule has 1 aromatic heterocycles. The Morgan fingerprint density at radius 2 is 1.59 bits per heavy atom. The van der Waals surface area contributed by atoms with Gasteiger partial charge in [0.25, 0.3) is 0 Å². The Hall–Kier alpha value is -1.37. The number of hydrogen-bond donors (Lipinski definition) is 3. The SMILES string of the molecule is Nc1c(Cl)cc(C(O)CNCCCCCCOCCCCCCc2ccccn2)cc1Cl. The molecule has 2 rings (SSSR count). The number of rotatable bonds is 17. The summed E-state index contributed by atoms with van der Waals surface area (Å²) in [5.41, 5.74) is 7.93. The number of nitrogens with zero attached hydrogens (tertiary/aromatic N) is 1. The fourth-order valence-corrected chi connectivity index (χ4v) is 3.98. The smallest absolute Gasteiger partial charge is 0.0915 e. The van der Waals surface area contributed by atoms with Crippen molar-refractivity contribution in [1.82, 2.24) is 10.3 Å². The van der Waals surface area contributed by atoms with Gasteiger partial charge in [0.15, 0.2) is 0 Å². The van der Waals surface area contributed by atoms with Crippen LogP contribution in [0.25, 0.3) is 0 Å². The number of nitrogen functional groups attached to an aromatic ring is 1. The number of anilines is 1. The zero-order valence-electron chi connectivity index (χ0n) is 18.9. The molecule has 0 saturated carbocycles. The lowest BCUT2D eigenvalue weighted by Gasteiger charge is -2.14. The predicted octanol–water partition coefficient (Wildman–Crippen LogP) is 5.97. The van der Waals surface area contributed by atoms with E-state index in [0.29, 0.717) is 27.8 Å². The van der Waals surface area contributed by atoms with Crippen molar-refractivity contribution in [2.45, 2.75) is 63.9 Å². The third-order valence-electron chi connectivity index (χ3n) is 5.41. The Labute approximate surface area is 202 Å². The number of pyridine rings is 1. The van der Waals surface area contributed by atoms with Gasteiger partial charge in [0.1, 0.15) is 0 Å². The number of unbranched alkanes of at least 4 members (excludes halogenated alkanes) is 6. The third kappa shape index (κ3) is 11.0. The highest BCUT2D eigenvalue weighted by Gasteiger charge is 2.11. The number of halogens is 2. The van der Waals surface area contributed by atoms with Crippen LogP contribution < -0.4 is 11.1 Å². The maximum Gasteiger partial charge on any atom is 0.0915 e. The Bertz CT molecular complexity index is 739. The number of hydrogen-bond acceptors (Lipinski definition) is 5. The van der Waals surface area contributed by atoms with Crippen molar-refractivity contribution in [1.29, 1.82) is 0 Å². The van der Waals surface area contributed by atoms with Crippen molar-refractivity contribution in [3.05, 3.63) is 57.8 Å². The molecule has 5 nitrogen and oxygen atoms in total. The summed E-state index contributed by atoms with van der Waals surface area (Å²) in [6, 6.07) is 9.43. The molecule has 0 spiro atoms. The van der Waals surface area contributed by atoms with E-state index < -0.39 is 6.10 Å². The molecule has 0 aliphatic heterocycles. The van der Waals surface area contributed by atoms with Gasteiger partial charge in [0.05, 0.1) is 21.8 Å². The van der Waals surface area contributed by atoms with Gasteiger partial charge in [-0.25, -0.2) is 0 Å². The maximum absolute atomic E-state index is 10.3. The molecule has 178 valence electrons. The summed E-state index contributed by atoms with van der Waals surface area (Å²) in [6.07, 6.45) is 11.6. The van der Waals surface area contributed by atoms with Crippen molar-refractivity contribution in [3.8, 4) is 0 Å². The maximum atomic E-state index is 10.3. The van der Waals surface area contributed by atoms with Gasteiger partial charge in [0, 0.05) is 31.6 Å². The Morgan fingerprint density at radius 3 is 2.25 bits per heavy atom. The van der Waals surface area contributed by atoms with E-state index in [4.69, 9.17) is 33.7 Å². The van der Waals surface area contributed by atoms with Crippen LogP contribution >= 0.6 is 23.2 Å². The lowest BCUT2D eigenvalue weighted by atomic mass is 10.1. The van der Waals surface area contributed by atoms with Crippen LogP contribution in [0.3, 0.4) is 0 Å². The Kier molecular flexibility index (Phi) is 13.7. The number of aliphatic hydroxyl groups excluding tert-OH is 1.